The van der Waals surface area contributed by atoms with E-state index >= 15 is 0 Å². The van der Waals surface area contributed by atoms with Gasteiger partial charge in [0.15, 0.2) is 0 Å². The SMILES string of the molecule is CCN(C(=O)c1ccnnc1)C(C)(C)C(=O)O. The third kappa shape index (κ3) is 2.58. The molecule has 1 heterocycles. The normalized spacial score (nSPS) is 11.0. The highest BCUT2D eigenvalue weighted by Gasteiger charge is 2.37. The summed E-state index contributed by atoms with van der Waals surface area (Å²) >= 11 is 0. The van der Waals surface area contributed by atoms with Crippen molar-refractivity contribution in [2.24, 2.45) is 0 Å². The molecule has 1 amide bonds. The standard InChI is InChI=1S/C11H15N3O3/c1-4-14(11(2,3)10(16)17)9(15)8-5-6-12-13-7-8/h5-7H,4H2,1-3H3,(H,16,17). The lowest BCUT2D eigenvalue weighted by Crippen LogP contribution is -2.52. The molecule has 17 heavy (non-hydrogen) atoms. The second-order valence-electron chi connectivity index (χ2n) is 4.04. The van der Waals surface area contributed by atoms with Crippen LogP contribution in [0.15, 0.2) is 18.5 Å². The average Bonchev–Trinajstić information content (AvgIpc) is 2.30. The van der Waals surface area contributed by atoms with Gasteiger partial charge in [0.1, 0.15) is 5.54 Å². The molecular formula is C11H15N3O3. The molecule has 0 saturated heterocycles. The summed E-state index contributed by atoms with van der Waals surface area (Å²) in [6.45, 7) is 5.02. The molecule has 6 nitrogen and oxygen atoms in total. The van der Waals surface area contributed by atoms with Crippen LogP contribution >= 0.6 is 0 Å². The zero-order valence-electron chi connectivity index (χ0n) is 10.0. The van der Waals surface area contributed by atoms with Crippen molar-refractivity contribution >= 4 is 11.9 Å². The van der Waals surface area contributed by atoms with Gasteiger partial charge in [0.25, 0.3) is 5.91 Å². The summed E-state index contributed by atoms with van der Waals surface area (Å²) in [5.74, 6) is -1.41. The van der Waals surface area contributed by atoms with Gasteiger partial charge in [0, 0.05) is 6.54 Å². The Labute approximate surface area is 99.3 Å². The maximum absolute atomic E-state index is 12.1. The van der Waals surface area contributed by atoms with Crippen molar-refractivity contribution in [3.8, 4) is 0 Å². The number of aromatic nitrogens is 2. The molecule has 0 bridgehead atoms. The maximum Gasteiger partial charge on any atom is 0.329 e. The second-order valence-corrected chi connectivity index (χ2v) is 4.04. The Morgan fingerprint density at radius 1 is 1.41 bits per heavy atom. The summed E-state index contributed by atoms with van der Waals surface area (Å²) in [7, 11) is 0. The van der Waals surface area contributed by atoms with Gasteiger partial charge in [-0.1, -0.05) is 0 Å². The van der Waals surface area contributed by atoms with Crippen LogP contribution < -0.4 is 0 Å². The summed E-state index contributed by atoms with van der Waals surface area (Å²) in [5, 5.41) is 16.3. The zero-order valence-corrected chi connectivity index (χ0v) is 10.0. The maximum atomic E-state index is 12.1. The number of carboxylic acid groups (broad SMARTS) is 1. The van der Waals surface area contributed by atoms with Crippen molar-refractivity contribution in [2.75, 3.05) is 6.54 Å². The largest absolute Gasteiger partial charge is 0.480 e. The molecule has 0 aliphatic heterocycles. The van der Waals surface area contributed by atoms with Crippen LogP contribution in [0.4, 0.5) is 0 Å². The summed E-state index contributed by atoms with van der Waals surface area (Å²) in [4.78, 5) is 24.5. The van der Waals surface area contributed by atoms with Crippen molar-refractivity contribution in [2.45, 2.75) is 26.3 Å². The van der Waals surface area contributed by atoms with E-state index in [0.29, 0.717) is 12.1 Å². The topological polar surface area (TPSA) is 83.4 Å². The number of likely N-dealkylation sites (N-methyl/N-ethyl adjacent to an activating group) is 1. The van der Waals surface area contributed by atoms with E-state index in [9.17, 15) is 9.59 Å². The Balaban J connectivity index is 3.05. The highest BCUT2D eigenvalue weighted by Crippen LogP contribution is 2.17. The molecule has 0 fully saturated rings. The van der Waals surface area contributed by atoms with Gasteiger partial charge in [0.05, 0.1) is 18.0 Å². The first kappa shape index (κ1) is 13.1. The highest BCUT2D eigenvalue weighted by molar-refractivity contribution is 5.97. The van der Waals surface area contributed by atoms with Gasteiger partial charge in [-0.05, 0) is 26.8 Å². The van der Waals surface area contributed by atoms with Crippen LogP contribution in [0.3, 0.4) is 0 Å². The Morgan fingerprint density at radius 2 is 2.06 bits per heavy atom. The lowest BCUT2D eigenvalue weighted by Gasteiger charge is -2.34. The molecule has 0 unspecified atom stereocenters. The third-order valence-electron chi connectivity index (χ3n) is 2.59. The summed E-state index contributed by atoms with van der Waals surface area (Å²) in [6, 6.07) is 1.51. The smallest absolute Gasteiger partial charge is 0.329 e. The quantitative estimate of drug-likeness (QED) is 0.837. The third-order valence-corrected chi connectivity index (χ3v) is 2.59. The monoisotopic (exact) mass is 237 g/mol. The molecule has 0 spiro atoms. The van der Waals surface area contributed by atoms with Gasteiger partial charge in [-0.15, -0.1) is 0 Å². The van der Waals surface area contributed by atoms with Crippen molar-refractivity contribution in [1.82, 2.24) is 15.1 Å². The fourth-order valence-electron chi connectivity index (χ4n) is 1.48. The van der Waals surface area contributed by atoms with Crippen molar-refractivity contribution < 1.29 is 14.7 Å². The Morgan fingerprint density at radius 3 is 2.47 bits per heavy atom. The summed E-state index contributed by atoms with van der Waals surface area (Å²) < 4.78 is 0. The Kier molecular flexibility index (Phi) is 3.77. The zero-order chi connectivity index (χ0) is 13.1. The Bertz CT molecular complexity index is 417. The molecule has 0 aliphatic rings. The van der Waals surface area contributed by atoms with Crippen molar-refractivity contribution in [1.29, 1.82) is 0 Å². The molecule has 0 aliphatic carbocycles. The molecule has 0 radical (unpaired) electrons. The van der Waals surface area contributed by atoms with Gasteiger partial charge in [0.2, 0.25) is 0 Å². The second kappa shape index (κ2) is 4.90. The highest BCUT2D eigenvalue weighted by atomic mass is 16.4. The van der Waals surface area contributed by atoms with Gasteiger partial charge >= 0.3 is 5.97 Å². The number of carbonyl (C=O) groups is 2. The van der Waals surface area contributed by atoms with Crippen LogP contribution in [0.1, 0.15) is 31.1 Å². The molecule has 1 N–H and O–H groups in total. The molecule has 0 aromatic carbocycles. The summed E-state index contributed by atoms with van der Waals surface area (Å²) in [5.41, 5.74) is -0.925. The summed E-state index contributed by atoms with van der Waals surface area (Å²) in [6.07, 6.45) is 2.72. The van der Waals surface area contributed by atoms with Crippen LogP contribution in [0.2, 0.25) is 0 Å². The minimum atomic E-state index is -1.25. The number of hydrogen-bond donors (Lipinski definition) is 1. The molecule has 6 heteroatoms. The first-order valence-corrected chi connectivity index (χ1v) is 5.23. The predicted molar refractivity (Wildman–Crippen MR) is 60.5 cm³/mol. The molecule has 1 aromatic rings. The number of amides is 1. The number of nitrogens with zero attached hydrogens (tertiary/aromatic N) is 3. The Hall–Kier alpha value is -1.98. The number of hydrogen-bond acceptors (Lipinski definition) is 4. The minimum Gasteiger partial charge on any atom is -0.480 e. The molecule has 0 saturated carbocycles. The predicted octanol–water partition coefficient (Wildman–Crippen LogP) is 0.802. The fourth-order valence-corrected chi connectivity index (χ4v) is 1.48. The van der Waals surface area contributed by atoms with E-state index < -0.39 is 11.5 Å². The van der Waals surface area contributed by atoms with E-state index in [4.69, 9.17) is 5.11 Å². The van der Waals surface area contributed by atoms with E-state index in [2.05, 4.69) is 10.2 Å². The molecule has 92 valence electrons. The van der Waals surface area contributed by atoms with Gasteiger partial charge in [-0.3, -0.25) is 4.79 Å². The van der Waals surface area contributed by atoms with Crippen LogP contribution in [-0.2, 0) is 4.79 Å². The van der Waals surface area contributed by atoms with Crippen LogP contribution in [0.5, 0.6) is 0 Å². The van der Waals surface area contributed by atoms with E-state index in [-0.39, 0.29) is 5.91 Å². The fraction of sp³-hybridized carbons (Fsp3) is 0.455. The number of carbonyl (C=O) groups excluding carboxylic acids is 1. The van der Waals surface area contributed by atoms with Gasteiger partial charge < -0.3 is 10.0 Å². The lowest BCUT2D eigenvalue weighted by molar-refractivity contribution is -0.147. The molecule has 0 atom stereocenters. The number of aliphatic carboxylic acids is 1. The van der Waals surface area contributed by atoms with Crippen LogP contribution in [0, 0.1) is 0 Å². The first-order valence-electron chi connectivity index (χ1n) is 5.23. The van der Waals surface area contributed by atoms with E-state index in [1.807, 2.05) is 0 Å². The average molecular weight is 237 g/mol. The van der Waals surface area contributed by atoms with Crippen molar-refractivity contribution in [3.05, 3.63) is 24.0 Å². The van der Waals surface area contributed by atoms with Gasteiger partial charge in [-0.25, -0.2) is 4.79 Å². The van der Waals surface area contributed by atoms with Gasteiger partial charge in [-0.2, -0.15) is 10.2 Å². The first-order chi connectivity index (χ1) is 7.91. The van der Waals surface area contributed by atoms with Crippen LogP contribution in [-0.4, -0.2) is 44.2 Å². The van der Waals surface area contributed by atoms with Crippen LogP contribution in [0.25, 0.3) is 0 Å². The molecular weight excluding hydrogens is 222 g/mol. The molecule has 1 rings (SSSR count). The van der Waals surface area contributed by atoms with Crippen molar-refractivity contribution in [3.63, 3.8) is 0 Å². The lowest BCUT2D eigenvalue weighted by atomic mass is 10.0. The number of rotatable bonds is 4. The number of carboxylic acids is 1. The van der Waals surface area contributed by atoms with E-state index in [0.717, 1.165) is 0 Å². The van der Waals surface area contributed by atoms with E-state index in [1.165, 1.54) is 37.2 Å². The molecule has 1 aromatic heterocycles. The van der Waals surface area contributed by atoms with E-state index in [1.54, 1.807) is 6.92 Å². The minimum absolute atomic E-state index is 0.306.